The Kier molecular flexibility index (Phi) is 5.98. The molecule has 1 aromatic carbocycles. The van der Waals surface area contributed by atoms with Crippen LogP contribution in [0.15, 0.2) is 30.3 Å². The van der Waals surface area contributed by atoms with Crippen molar-refractivity contribution in [2.45, 2.75) is 77.8 Å². The average Bonchev–Trinajstić information content (AvgIpc) is 2.32. The van der Waals surface area contributed by atoms with Gasteiger partial charge in [0.05, 0.1) is 0 Å². The van der Waals surface area contributed by atoms with Crippen LogP contribution < -0.4 is 0 Å². The molecule has 4 heteroatoms. The minimum atomic E-state index is -1.23. The van der Waals surface area contributed by atoms with Crippen molar-refractivity contribution < 1.29 is 0 Å². The monoisotopic (exact) mass is 366 g/mol. The van der Waals surface area contributed by atoms with Crippen LogP contribution in [0.1, 0.15) is 18.4 Å². The lowest BCUT2D eigenvalue weighted by Crippen LogP contribution is -2.82. The first-order chi connectivity index (χ1) is 9.74. The zero-order chi connectivity index (χ0) is 17.4. The van der Waals surface area contributed by atoms with Gasteiger partial charge < -0.3 is 0 Å². The van der Waals surface area contributed by atoms with Crippen LogP contribution in [0, 0.1) is 0 Å². The van der Waals surface area contributed by atoms with Gasteiger partial charge in [0.25, 0.3) is 0 Å². The summed E-state index contributed by atoms with van der Waals surface area (Å²) in [6.07, 6.45) is 0. The molecule has 1 unspecified atom stereocenters. The van der Waals surface area contributed by atoms with E-state index in [-0.39, 0.29) is 0 Å². The van der Waals surface area contributed by atoms with Crippen molar-refractivity contribution >= 4 is 29.4 Å². The van der Waals surface area contributed by atoms with Gasteiger partial charge in [-0.25, -0.2) is 0 Å². The molecule has 0 aliphatic rings. The third-order valence-electron chi connectivity index (χ3n) is 5.82. The fourth-order valence-corrected chi connectivity index (χ4v) is 105. The number of benzene rings is 1. The fourth-order valence-electron chi connectivity index (χ4n) is 5.65. The van der Waals surface area contributed by atoms with Crippen LogP contribution in [0.4, 0.5) is 0 Å². The molecule has 0 aromatic heterocycles. The van der Waals surface area contributed by atoms with Gasteiger partial charge >= 0.3 is 0 Å². The lowest BCUT2D eigenvalue weighted by Gasteiger charge is -2.58. The van der Waals surface area contributed by atoms with Crippen molar-refractivity contribution in [2.75, 3.05) is 0 Å². The summed E-state index contributed by atoms with van der Waals surface area (Å²) in [5, 5.41) is 0. The summed E-state index contributed by atoms with van der Waals surface area (Å²) in [4.78, 5) is 0. The van der Waals surface area contributed by atoms with Gasteiger partial charge in [-0.2, -0.15) is 0 Å². The van der Waals surface area contributed by atoms with E-state index in [2.05, 4.69) is 96.2 Å². The Balaban J connectivity index is 3.39. The molecule has 0 N–H and O–H groups in total. The van der Waals surface area contributed by atoms with E-state index in [1.165, 1.54) is 6.04 Å². The molecule has 1 rings (SSSR count). The second-order valence-corrected chi connectivity index (χ2v) is 51.6. The molecule has 0 aliphatic carbocycles. The predicted molar refractivity (Wildman–Crippen MR) is 115 cm³/mol. The molecule has 22 heavy (non-hydrogen) atoms. The molecule has 0 nitrogen and oxygen atoms in total. The zero-order valence-corrected chi connectivity index (χ0v) is 20.7. The first kappa shape index (κ1) is 20.1. The van der Waals surface area contributed by atoms with Gasteiger partial charge in [0.1, 0.15) is 0 Å². The third kappa shape index (κ3) is 3.77. The SMILES string of the molecule is CC(C[Si]([Si](C)(C)C)([Si](C)(C)C)[Si](C)(C)C)c1ccccc1. The van der Waals surface area contributed by atoms with Gasteiger partial charge in [-0.05, 0) is 11.5 Å². The van der Waals surface area contributed by atoms with Crippen molar-refractivity contribution in [1.29, 1.82) is 0 Å². The standard InChI is InChI=1S/C18H38Si4/c1-17(18-14-12-11-13-15-18)16-22(19(2,3)4,20(5,6)7)21(8,9)10/h11-15,17H,16H2,1-10H3. The fraction of sp³-hybridized carbons (Fsp3) is 0.667. The Morgan fingerprint density at radius 1 is 0.682 bits per heavy atom. The minimum Gasteiger partial charge on any atom is -0.0718 e. The highest BCUT2D eigenvalue weighted by molar-refractivity contribution is 7.89. The molecule has 0 aliphatic heterocycles. The maximum atomic E-state index is 2.70. The molecule has 0 amide bonds. The van der Waals surface area contributed by atoms with Crippen LogP contribution in [0.3, 0.4) is 0 Å². The Labute approximate surface area is 143 Å². The predicted octanol–water partition coefficient (Wildman–Crippen LogP) is 6.49. The molecule has 0 radical (unpaired) electrons. The summed E-state index contributed by atoms with van der Waals surface area (Å²) in [6.45, 7) is 25.6. The van der Waals surface area contributed by atoms with Crippen LogP contribution >= 0.6 is 0 Å². The summed E-state index contributed by atoms with van der Waals surface area (Å²) in [5.41, 5.74) is 1.56. The lowest BCUT2D eigenvalue weighted by atomic mass is 10.0. The van der Waals surface area contributed by atoms with E-state index in [1.807, 2.05) is 0 Å². The van der Waals surface area contributed by atoms with Crippen molar-refractivity contribution in [3.05, 3.63) is 35.9 Å². The summed E-state index contributed by atoms with van der Waals surface area (Å²) in [5.74, 6) is 0.734. The molecule has 126 valence electrons. The summed E-state index contributed by atoms with van der Waals surface area (Å²) in [6, 6.07) is 12.8. The highest BCUT2D eigenvalue weighted by atomic mass is 29.9. The Morgan fingerprint density at radius 3 is 1.36 bits per heavy atom. The maximum absolute atomic E-state index is 2.70. The first-order valence-corrected chi connectivity index (χ1v) is 24.5. The van der Waals surface area contributed by atoms with Crippen LogP contribution in [0.5, 0.6) is 0 Å². The van der Waals surface area contributed by atoms with Gasteiger partial charge in [-0.1, -0.05) is 102 Å². The van der Waals surface area contributed by atoms with Crippen LogP contribution in [-0.2, 0) is 0 Å². The molecular formula is C18H38Si4. The summed E-state index contributed by atoms with van der Waals surface area (Å²) in [7, 11) is -3.42. The molecule has 0 heterocycles. The van der Waals surface area contributed by atoms with Crippen LogP contribution in [-0.4, -0.2) is 29.4 Å². The van der Waals surface area contributed by atoms with Crippen LogP contribution in [0.2, 0.25) is 65.0 Å². The van der Waals surface area contributed by atoms with E-state index < -0.39 is 29.4 Å². The minimum absolute atomic E-state index is 0.734. The van der Waals surface area contributed by atoms with Crippen molar-refractivity contribution in [1.82, 2.24) is 0 Å². The largest absolute Gasteiger partial charge is 0.0718 e. The average molecular weight is 367 g/mol. The van der Waals surface area contributed by atoms with E-state index in [0.717, 1.165) is 5.92 Å². The lowest BCUT2D eigenvalue weighted by molar-refractivity contribution is 0.855. The molecule has 1 aromatic rings. The van der Waals surface area contributed by atoms with Crippen molar-refractivity contribution in [3.8, 4) is 0 Å². The molecule has 0 saturated heterocycles. The zero-order valence-electron chi connectivity index (χ0n) is 16.7. The van der Waals surface area contributed by atoms with E-state index in [9.17, 15) is 0 Å². The van der Waals surface area contributed by atoms with E-state index in [4.69, 9.17) is 0 Å². The van der Waals surface area contributed by atoms with Gasteiger partial charge in [0, 0.05) is 29.4 Å². The summed E-state index contributed by atoms with van der Waals surface area (Å²) >= 11 is 0. The molecule has 0 fully saturated rings. The van der Waals surface area contributed by atoms with E-state index >= 15 is 0 Å². The number of rotatable bonds is 6. The van der Waals surface area contributed by atoms with Crippen LogP contribution in [0.25, 0.3) is 0 Å². The Hall–Kier alpha value is 0.0875. The van der Waals surface area contributed by atoms with Gasteiger partial charge in [0.2, 0.25) is 0 Å². The summed E-state index contributed by atoms with van der Waals surface area (Å²) < 4.78 is 0. The topological polar surface area (TPSA) is 0 Å². The van der Waals surface area contributed by atoms with Crippen molar-refractivity contribution in [2.24, 2.45) is 0 Å². The Morgan fingerprint density at radius 2 is 1.05 bits per heavy atom. The highest BCUT2D eigenvalue weighted by Crippen LogP contribution is 2.43. The molecule has 1 atom stereocenters. The normalized spacial score (nSPS) is 15.7. The van der Waals surface area contributed by atoms with E-state index in [0.29, 0.717) is 0 Å². The molecular weight excluding hydrogens is 329 g/mol. The smallest absolute Gasteiger partial charge is 0.0379 e. The molecule has 0 bridgehead atoms. The number of hydrogen-bond acceptors (Lipinski definition) is 0. The quantitative estimate of drug-likeness (QED) is 0.505. The molecule has 0 spiro atoms. The van der Waals surface area contributed by atoms with Gasteiger partial charge in [-0.3, -0.25) is 0 Å². The van der Waals surface area contributed by atoms with Crippen molar-refractivity contribution in [3.63, 3.8) is 0 Å². The Bertz CT molecular complexity index is 439. The third-order valence-corrected chi connectivity index (χ3v) is 80.1. The highest BCUT2D eigenvalue weighted by Gasteiger charge is 2.61. The van der Waals surface area contributed by atoms with E-state index in [1.54, 1.807) is 5.56 Å². The second kappa shape index (κ2) is 6.53. The maximum Gasteiger partial charge on any atom is 0.0379 e. The second-order valence-electron chi connectivity index (χ2n) is 10.2. The number of hydrogen-bond donors (Lipinski definition) is 0. The van der Waals surface area contributed by atoms with Gasteiger partial charge in [0.15, 0.2) is 0 Å². The molecule has 0 saturated carbocycles. The van der Waals surface area contributed by atoms with Gasteiger partial charge in [-0.15, -0.1) is 0 Å². The first-order valence-electron chi connectivity index (χ1n) is 8.79.